The second-order valence-electron chi connectivity index (χ2n) is 9.47. The van der Waals surface area contributed by atoms with Gasteiger partial charge in [-0.2, -0.15) is 0 Å². The number of nitrogens with zero attached hydrogens (tertiary/aromatic N) is 1. The molecule has 2 N–H and O–H groups in total. The summed E-state index contributed by atoms with van der Waals surface area (Å²) in [4.78, 5) is 29.0. The quantitative estimate of drug-likeness (QED) is 0.344. The number of pyridine rings is 1. The van der Waals surface area contributed by atoms with Gasteiger partial charge in [-0.25, -0.2) is 14.6 Å². The second-order valence-corrected chi connectivity index (χ2v) is 9.47. The Morgan fingerprint density at radius 3 is 2.82 bits per heavy atom. The minimum atomic E-state index is -0.898. The standard InChI is InChI=1S/C27H28N2O5/c1-4-16(2)25(31)34-26(3)11-5-6-20(18-7-9-23(28)29-15-18)27(26)14-19-12-17-8-10-24(30)32-21(17)13-22(19)33-27/h4,7-10,12-13,15,20H,5-6,11,14H2,1-3H3,(H2,28,29)/b16-4+/t20-,26-,27+/m0/s1. The van der Waals surface area contributed by atoms with Crippen LogP contribution in [0.4, 0.5) is 5.82 Å². The summed E-state index contributed by atoms with van der Waals surface area (Å²) in [6, 6.07) is 10.7. The van der Waals surface area contributed by atoms with Gasteiger partial charge in [0.25, 0.3) is 0 Å². The Hall–Kier alpha value is -3.61. The Kier molecular flexibility index (Phi) is 5.23. The smallest absolute Gasteiger partial charge is 0.336 e. The number of benzene rings is 1. The van der Waals surface area contributed by atoms with Crippen LogP contribution in [0.2, 0.25) is 0 Å². The van der Waals surface area contributed by atoms with Crippen molar-refractivity contribution < 1.29 is 18.7 Å². The molecule has 0 unspecified atom stereocenters. The predicted octanol–water partition coefficient (Wildman–Crippen LogP) is 4.68. The number of nitrogens with two attached hydrogens (primary N) is 1. The van der Waals surface area contributed by atoms with Crippen LogP contribution >= 0.6 is 0 Å². The van der Waals surface area contributed by atoms with Crippen molar-refractivity contribution in [3.05, 3.63) is 75.8 Å². The van der Waals surface area contributed by atoms with Gasteiger partial charge in [-0.3, -0.25) is 0 Å². The molecule has 7 heteroatoms. The van der Waals surface area contributed by atoms with E-state index >= 15 is 0 Å². The molecule has 1 aromatic carbocycles. The first-order valence-electron chi connectivity index (χ1n) is 11.6. The van der Waals surface area contributed by atoms with Gasteiger partial charge in [0.2, 0.25) is 0 Å². The van der Waals surface area contributed by atoms with Crippen LogP contribution in [-0.2, 0) is 16.0 Å². The Morgan fingerprint density at radius 1 is 1.26 bits per heavy atom. The lowest BCUT2D eigenvalue weighted by atomic mass is 9.62. The van der Waals surface area contributed by atoms with E-state index in [-0.39, 0.29) is 11.9 Å². The highest BCUT2D eigenvalue weighted by atomic mass is 16.6. The molecule has 1 aliphatic heterocycles. The highest BCUT2D eigenvalue weighted by molar-refractivity contribution is 5.88. The fourth-order valence-electron chi connectivity index (χ4n) is 5.44. The number of anilines is 1. The molecule has 3 aromatic rings. The third kappa shape index (κ3) is 3.47. The van der Waals surface area contributed by atoms with E-state index in [1.807, 2.05) is 26.0 Å². The number of aromatic nitrogens is 1. The number of hydrogen-bond acceptors (Lipinski definition) is 7. The number of hydrogen-bond donors (Lipinski definition) is 1. The van der Waals surface area contributed by atoms with E-state index in [4.69, 9.17) is 19.6 Å². The van der Waals surface area contributed by atoms with Crippen molar-refractivity contribution in [1.29, 1.82) is 0 Å². The van der Waals surface area contributed by atoms with Crippen LogP contribution in [0.15, 0.2) is 63.5 Å². The highest BCUT2D eigenvalue weighted by Crippen LogP contribution is 2.56. The lowest BCUT2D eigenvalue weighted by Crippen LogP contribution is -2.63. The van der Waals surface area contributed by atoms with Gasteiger partial charge >= 0.3 is 11.6 Å². The van der Waals surface area contributed by atoms with Gasteiger partial charge in [0, 0.05) is 41.6 Å². The summed E-state index contributed by atoms with van der Waals surface area (Å²) in [7, 11) is 0. The molecule has 1 fully saturated rings. The zero-order chi connectivity index (χ0) is 24.1. The monoisotopic (exact) mass is 460 g/mol. The molecule has 3 heterocycles. The summed E-state index contributed by atoms with van der Waals surface area (Å²) < 4.78 is 18.4. The van der Waals surface area contributed by atoms with E-state index in [9.17, 15) is 9.59 Å². The molecule has 176 valence electrons. The Morgan fingerprint density at radius 2 is 2.09 bits per heavy atom. The molecule has 0 saturated heterocycles. The minimum Gasteiger partial charge on any atom is -0.482 e. The Balaban J connectivity index is 1.65. The van der Waals surface area contributed by atoms with Crippen LogP contribution in [0.3, 0.4) is 0 Å². The SMILES string of the molecule is C/C=C(\C)C(=O)O[C@@]1(C)CCC[C@@H](c2ccc(N)nc2)[C@]12Cc1cc3ccc(=O)oc3cc1O2. The van der Waals surface area contributed by atoms with E-state index in [0.29, 0.717) is 35.6 Å². The molecular formula is C27H28N2O5. The van der Waals surface area contributed by atoms with Crippen molar-refractivity contribution in [1.82, 2.24) is 4.98 Å². The molecular weight excluding hydrogens is 432 g/mol. The van der Waals surface area contributed by atoms with Crippen LogP contribution < -0.4 is 16.1 Å². The molecule has 34 heavy (non-hydrogen) atoms. The topological polar surface area (TPSA) is 105 Å². The minimum absolute atomic E-state index is 0.0828. The van der Waals surface area contributed by atoms with Gasteiger partial charge in [0.05, 0.1) is 0 Å². The zero-order valence-electron chi connectivity index (χ0n) is 19.6. The van der Waals surface area contributed by atoms with Crippen molar-refractivity contribution in [3.63, 3.8) is 0 Å². The largest absolute Gasteiger partial charge is 0.482 e. The van der Waals surface area contributed by atoms with Gasteiger partial charge in [-0.1, -0.05) is 12.1 Å². The molecule has 1 aliphatic carbocycles. The summed E-state index contributed by atoms with van der Waals surface area (Å²) in [5.41, 5.74) is 6.68. The van der Waals surface area contributed by atoms with E-state index < -0.39 is 16.8 Å². The lowest BCUT2D eigenvalue weighted by Gasteiger charge is -2.52. The van der Waals surface area contributed by atoms with E-state index in [1.54, 1.807) is 37.4 Å². The molecule has 0 bridgehead atoms. The molecule has 1 saturated carbocycles. The summed E-state index contributed by atoms with van der Waals surface area (Å²) in [5.74, 6) is 0.655. The molecule has 5 rings (SSSR count). The first-order valence-corrected chi connectivity index (χ1v) is 11.6. The van der Waals surface area contributed by atoms with Crippen molar-refractivity contribution in [2.24, 2.45) is 0 Å². The fourth-order valence-corrected chi connectivity index (χ4v) is 5.44. The lowest BCUT2D eigenvalue weighted by molar-refractivity contribution is -0.193. The van der Waals surface area contributed by atoms with Gasteiger partial charge in [-0.15, -0.1) is 0 Å². The average Bonchev–Trinajstić information content (AvgIpc) is 3.19. The second kappa shape index (κ2) is 8.01. The number of fused-ring (bicyclic) bond motifs is 2. The number of allylic oxidation sites excluding steroid dienone is 1. The van der Waals surface area contributed by atoms with Gasteiger partial charge in [0.15, 0.2) is 5.60 Å². The molecule has 2 aliphatic rings. The maximum Gasteiger partial charge on any atom is 0.336 e. The summed E-state index contributed by atoms with van der Waals surface area (Å²) >= 11 is 0. The van der Waals surface area contributed by atoms with Crippen LogP contribution in [0.1, 0.15) is 57.1 Å². The number of carbonyl (C=O) groups is 1. The van der Waals surface area contributed by atoms with E-state index in [2.05, 4.69) is 4.98 Å². The fraction of sp³-hybridized carbons (Fsp3) is 0.370. The molecule has 7 nitrogen and oxygen atoms in total. The van der Waals surface area contributed by atoms with Gasteiger partial charge < -0.3 is 19.6 Å². The molecule has 1 spiro atoms. The van der Waals surface area contributed by atoms with Crippen molar-refractivity contribution >= 4 is 22.8 Å². The highest BCUT2D eigenvalue weighted by Gasteiger charge is 2.62. The predicted molar refractivity (Wildman–Crippen MR) is 129 cm³/mol. The number of carbonyl (C=O) groups excluding carboxylic acids is 1. The number of nitrogen functional groups attached to an aromatic ring is 1. The van der Waals surface area contributed by atoms with Gasteiger partial charge in [-0.05, 0) is 69.4 Å². The summed E-state index contributed by atoms with van der Waals surface area (Å²) in [5, 5.41) is 0.823. The van der Waals surface area contributed by atoms with E-state index in [1.165, 1.54) is 6.07 Å². The van der Waals surface area contributed by atoms with Gasteiger partial charge in [0.1, 0.15) is 22.8 Å². The van der Waals surface area contributed by atoms with Crippen molar-refractivity contribution in [2.45, 2.75) is 63.6 Å². The van der Waals surface area contributed by atoms with Crippen LogP contribution in [-0.4, -0.2) is 22.2 Å². The average molecular weight is 461 g/mol. The van der Waals surface area contributed by atoms with Crippen LogP contribution in [0.5, 0.6) is 5.75 Å². The number of ether oxygens (including phenoxy) is 2. The Labute approximate surface area is 197 Å². The number of esters is 1. The first kappa shape index (κ1) is 22.2. The molecule has 0 radical (unpaired) electrons. The van der Waals surface area contributed by atoms with Crippen LogP contribution in [0.25, 0.3) is 11.0 Å². The third-order valence-electron chi connectivity index (χ3n) is 7.44. The summed E-state index contributed by atoms with van der Waals surface area (Å²) in [6.07, 6.45) is 6.47. The van der Waals surface area contributed by atoms with Crippen molar-refractivity contribution in [2.75, 3.05) is 5.73 Å². The normalized spacial score (nSPS) is 26.3. The Bertz CT molecular complexity index is 1360. The first-order chi connectivity index (χ1) is 16.2. The van der Waals surface area contributed by atoms with Crippen LogP contribution in [0, 0.1) is 0 Å². The molecule has 0 amide bonds. The third-order valence-corrected chi connectivity index (χ3v) is 7.44. The maximum atomic E-state index is 13.0. The van der Waals surface area contributed by atoms with E-state index in [0.717, 1.165) is 29.4 Å². The molecule has 3 atom stereocenters. The summed E-state index contributed by atoms with van der Waals surface area (Å²) in [6.45, 7) is 5.54. The van der Waals surface area contributed by atoms with Crippen molar-refractivity contribution in [3.8, 4) is 5.75 Å². The number of rotatable bonds is 3. The zero-order valence-corrected chi connectivity index (χ0v) is 19.6. The maximum absolute atomic E-state index is 13.0. The molecule has 2 aromatic heterocycles.